The summed E-state index contributed by atoms with van der Waals surface area (Å²) in [5.41, 5.74) is 0. The average Bonchev–Trinajstić information content (AvgIpc) is 3.86. The summed E-state index contributed by atoms with van der Waals surface area (Å²) in [7, 11) is 0. The summed E-state index contributed by atoms with van der Waals surface area (Å²) in [5, 5.41) is 13.3. The molecule has 2 fully saturated rings. The van der Waals surface area contributed by atoms with Crippen LogP contribution < -0.4 is 26.6 Å². The van der Waals surface area contributed by atoms with Crippen LogP contribution in [0.25, 0.3) is 0 Å². The second-order valence-electron chi connectivity index (χ2n) is 14.9. The third-order valence-electron chi connectivity index (χ3n) is 9.93. The number of nitrogens with one attached hydrogen (secondary N) is 5. The van der Waals surface area contributed by atoms with Gasteiger partial charge in [0.1, 0.15) is 36.8 Å². The first-order valence-electron chi connectivity index (χ1n) is 20.6. The monoisotopic (exact) mass is 835 g/mol. The summed E-state index contributed by atoms with van der Waals surface area (Å²) >= 11 is 0. The summed E-state index contributed by atoms with van der Waals surface area (Å²) in [6.07, 6.45) is 1.24. The summed E-state index contributed by atoms with van der Waals surface area (Å²) < 4.78 is 10.7. The van der Waals surface area contributed by atoms with E-state index in [4.69, 9.17) is 9.47 Å². The number of likely N-dealkylation sites (tertiary alicyclic amines) is 2. The van der Waals surface area contributed by atoms with E-state index in [9.17, 15) is 43.2 Å². The third kappa shape index (κ3) is 16.6. The molecule has 59 heavy (non-hydrogen) atoms. The lowest BCUT2D eigenvalue weighted by atomic mass is 10.0. The van der Waals surface area contributed by atoms with Gasteiger partial charge in [-0.2, -0.15) is 4.99 Å². The van der Waals surface area contributed by atoms with Gasteiger partial charge in [0.15, 0.2) is 0 Å². The predicted octanol–water partition coefficient (Wildman–Crippen LogP) is -0.655. The van der Waals surface area contributed by atoms with Gasteiger partial charge in [0.2, 0.25) is 47.3 Å². The number of likely N-dealkylation sites (N-methyl/N-ethyl adjacent to an activating group) is 1. The molecule has 2 heterocycles. The number of nitrogens with zero attached hydrogens (tertiary/aromatic N) is 4. The fourth-order valence-electron chi connectivity index (χ4n) is 6.95. The molecule has 2 saturated heterocycles. The van der Waals surface area contributed by atoms with Gasteiger partial charge >= 0.3 is 11.9 Å². The minimum Gasteiger partial charge on any atom is -0.466 e. The van der Waals surface area contributed by atoms with Gasteiger partial charge in [0, 0.05) is 47.0 Å². The van der Waals surface area contributed by atoms with Crippen LogP contribution in [0.1, 0.15) is 100 Å². The molecule has 0 aromatic heterocycles. The van der Waals surface area contributed by atoms with Crippen LogP contribution in [0.4, 0.5) is 0 Å². The van der Waals surface area contributed by atoms with Gasteiger partial charge in [-0.1, -0.05) is 27.7 Å². The Morgan fingerprint density at radius 3 is 1.85 bits per heavy atom. The highest BCUT2D eigenvalue weighted by Gasteiger charge is 2.43. The van der Waals surface area contributed by atoms with E-state index in [0.717, 1.165) is 13.1 Å². The number of guanidine groups is 1. The number of rotatable bonds is 21. The lowest BCUT2D eigenvalue weighted by molar-refractivity contribution is -0.151. The zero-order chi connectivity index (χ0) is 44.2. The van der Waals surface area contributed by atoms with Crippen LogP contribution in [0.15, 0.2) is 4.99 Å². The Hall–Kier alpha value is -5.14. The first kappa shape index (κ1) is 50.0. The van der Waals surface area contributed by atoms with E-state index in [1.165, 1.54) is 30.6 Å². The minimum absolute atomic E-state index is 0.0209. The summed E-state index contributed by atoms with van der Waals surface area (Å²) in [6.45, 7) is 15.5. The van der Waals surface area contributed by atoms with Crippen molar-refractivity contribution in [2.45, 2.75) is 131 Å². The van der Waals surface area contributed by atoms with E-state index < -0.39 is 89.9 Å². The Morgan fingerprint density at radius 1 is 0.763 bits per heavy atom. The Bertz CT molecular complexity index is 1530. The van der Waals surface area contributed by atoms with Crippen molar-refractivity contribution in [1.29, 1.82) is 0 Å². The SMILES string of the molecule is CCOC(=O)CC(NC(=O)C1CCCN1C(=O)C(NC(C)=O)C(C)C)C(=O)N1CCCC1C(=O)NC(CCCN/C(=N\C(C)=O)NC(C)=O)C(=O)OCCN(CC)CC. The molecule has 0 saturated carbocycles. The predicted molar refractivity (Wildman–Crippen MR) is 215 cm³/mol. The molecule has 2 rings (SSSR count). The van der Waals surface area contributed by atoms with Gasteiger partial charge < -0.3 is 45.4 Å². The van der Waals surface area contributed by atoms with E-state index in [1.54, 1.807) is 20.8 Å². The van der Waals surface area contributed by atoms with E-state index in [-0.39, 0.29) is 70.4 Å². The smallest absolute Gasteiger partial charge is 0.328 e. The lowest BCUT2D eigenvalue weighted by Crippen LogP contribution is -2.59. The van der Waals surface area contributed by atoms with Crippen LogP contribution >= 0.6 is 0 Å². The van der Waals surface area contributed by atoms with Crippen LogP contribution in [0.5, 0.6) is 0 Å². The van der Waals surface area contributed by atoms with Crippen LogP contribution in [-0.2, 0) is 52.6 Å². The number of ether oxygens (including phenoxy) is 2. The molecule has 20 nitrogen and oxygen atoms in total. The molecular formula is C39H65N9O11. The Kier molecular flexibility index (Phi) is 21.5. The standard InChI is InChI=1S/C39H65N9O11/c1-9-46(10-2)21-22-59-38(57)28(15-12-18-40-39(42-26(7)50)43-27(8)51)44-34(53)30-16-13-19-47(30)36(55)29(23-32(52)58-11-3)45-35(54)31-17-14-20-48(31)37(56)33(24(4)5)41-25(6)49/h24,28-31,33H,9-23H2,1-8H3,(H,41,49)(H,44,53)(H,45,54)(H2,40,42,43,50,51). The Morgan fingerprint density at radius 2 is 1.34 bits per heavy atom. The molecule has 0 spiro atoms. The van der Waals surface area contributed by atoms with Crippen molar-refractivity contribution in [1.82, 2.24) is 41.3 Å². The second-order valence-corrected chi connectivity index (χ2v) is 14.9. The number of hydrogen-bond acceptors (Lipinski definition) is 12. The van der Waals surface area contributed by atoms with E-state index in [1.807, 2.05) is 13.8 Å². The number of carbonyl (C=O) groups excluding carboxylic acids is 9. The summed E-state index contributed by atoms with van der Waals surface area (Å²) in [6, 6.07) is -5.48. The van der Waals surface area contributed by atoms with E-state index in [0.29, 0.717) is 19.4 Å². The molecule has 20 heteroatoms. The molecule has 0 aromatic rings. The van der Waals surface area contributed by atoms with Gasteiger partial charge in [-0.15, -0.1) is 0 Å². The van der Waals surface area contributed by atoms with Crippen molar-refractivity contribution in [3.8, 4) is 0 Å². The molecule has 2 aliphatic heterocycles. The molecule has 0 aliphatic carbocycles. The van der Waals surface area contributed by atoms with Crippen LogP contribution in [0, 0.1) is 5.92 Å². The lowest BCUT2D eigenvalue weighted by Gasteiger charge is -2.32. The normalized spacial score (nSPS) is 18.1. The number of amides is 7. The summed E-state index contributed by atoms with van der Waals surface area (Å²) in [4.78, 5) is 125. The number of hydrogen-bond donors (Lipinski definition) is 5. The molecule has 5 atom stereocenters. The van der Waals surface area contributed by atoms with Gasteiger partial charge in [0.05, 0.1) is 13.0 Å². The van der Waals surface area contributed by atoms with Gasteiger partial charge in [0.25, 0.3) is 0 Å². The minimum atomic E-state index is -1.44. The van der Waals surface area contributed by atoms with Gasteiger partial charge in [-0.3, -0.25) is 43.7 Å². The first-order chi connectivity index (χ1) is 27.9. The van der Waals surface area contributed by atoms with Crippen molar-refractivity contribution in [2.75, 3.05) is 52.5 Å². The Balaban J connectivity index is 2.29. The van der Waals surface area contributed by atoms with Crippen molar-refractivity contribution in [3.05, 3.63) is 0 Å². The van der Waals surface area contributed by atoms with Crippen LogP contribution in [-0.4, -0.2) is 157 Å². The number of aliphatic imine (C=N–C) groups is 1. The van der Waals surface area contributed by atoms with E-state index in [2.05, 4.69) is 36.5 Å². The maximum absolute atomic E-state index is 14.2. The number of esters is 2. The molecule has 0 aromatic carbocycles. The fourth-order valence-corrected chi connectivity index (χ4v) is 6.95. The van der Waals surface area contributed by atoms with Gasteiger partial charge in [-0.05, 0) is 64.5 Å². The van der Waals surface area contributed by atoms with Crippen molar-refractivity contribution >= 4 is 59.2 Å². The molecule has 0 bridgehead atoms. The fraction of sp³-hybridized carbons (Fsp3) is 0.744. The third-order valence-corrected chi connectivity index (χ3v) is 9.93. The number of carbonyl (C=O) groups is 9. The average molecular weight is 836 g/mol. The molecule has 5 unspecified atom stereocenters. The zero-order valence-corrected chi connectivity index (χ0v) is 35.9. The maximum atomic E-state index is 14.2. The molecule has 7 amide bonds. The highest BCUT2D eigenvalue weighted by Crippen LogP contribution is 2.23. The topological polar surface area (TPSA) is 254 Å². The molecule has 2 aliphatic rings. The Labute approximate surface area is 346 Å². The second kappa shape index (κ2) is 25.4. The zero-order valence-electron chi connectivity index (χ0n) is 35.9. The van der Waals surface area contributed by atoms with Crippen molar-refractivity contribution < 1.29 is 52.6 Å². The van der Waals surface area contributed by atoms with Crippen LogP contribution in [0.3, 0.4) is 0 Å². The molecule has 0 radical (unpaired) electrons. The van der Waals surface area contributed by atoms with Crippen molar-refractivity contribution in [2.24, 2.45) is 10.9 Å². The van der Waals surface area contributed by atoms with Gasteiger partial charge in [-0.25, -0.2) is 4.79 Å². The summed E-state index contributed by atoms with van der Waals surface area (Å²) in [5.74, 6) is -5.63. The highest BCUT2D eigenvalue weighted by molar-refractivity contribution is 6.01. The first-order valence-corrected chi connectivity index (χ1v) is 20.6. The van der Waals surface area contributed by atoms with Crippen LogP contribution in [0.2, 0.25) is 0 Å². The van der Waals surface area contributed by atoms with E-state index >= 15 is 0 Å². The largest absolute Gasteiger partial charge is 0.466 e. The molecule has 5 N–H and O–H groups in total. The molecular weight excluding hydrogens is 770 g/mol. The quantitative estimate of drug-likeness (QED) is 0.0418. The van der Waals surface area contributed by atoms with Crippen molar-refractivity contribution in [3.63, 3.8) is 0 Å². The highest BCUT2D eigenvalue weighted by atomic mass is 16.5. The molecule has 332 valence electrons. The maximum Gasteiger partial charge on any atom is 0.328 e.